The molecule has 0 bridgehead atoms. The number of aliphatic hydroxyl groups is 1. The number of aromatic nitrogens is 2. The molecule has 1 N–H and O–H groups in total. The van der Waals surface area contributed by atoms with E-state index in [1.807, 2.05) is 4.90 Å². The van der Waals surface area contributed by atoms with Crippen molar-refractivity contribution in [1.29, 1.82) is 0 Å². The van der Waals surface area contributed by atoms with Crippen molar-refractivity contribution in [1.82, 2.24) is 14.7 Å². The average molecular weight is 492 g/mol. The second kappa shape index (κ2) is 7.24. The van der Waals surface area contributed by atoms with Crippen molar-refractivity contribution in [3.8, 4) is 0 Å². The Morgan fingerprint density at radius 1 is 1.06 bits per heavy atom. The van der Waals surface area contributed by atoms with Gasteiger partial charge in [0, 0.05) is 25.2 Å². The highest BCUT2D eigenvalue weighted by molar-refractivity contribution is 5.94. The highest BCUT2D eigenvalue weighted by Gasteiger charge is 2.74. The van der Waals surface area contributed by atoms with Gasteiger partial charge in [0.1, 0.15) is 0 Å². The van der Waals surface area contributed by atoms with E-state index in [2.05, 4.69) is 18.9 Å². The van der Waals surface area contributed by atoms with Crippen LogP contribution in [0, 0.1) is 64.6 Å². The zero-order chi connectivity index (χ0) is 24.6. The number of amides is 1. The number of fused-ring (bicyclic) bond motifs is 9. The fourth-order valence-corrected chi connectivity index (χ4v) is 11.2. The van der Waals surface area contributed by atoms with Gasteiger partial charge in [-0.05, 0) is 110 Å². The maximum absolute atomic E-state index is 13.9. The van der Waals surface area contributed by atoms with Crippen LogP contribution in [0.1, 0.15) is 75.6 Å². The zero-order valence-corrected chi connectivity index (χ0v) is 21.8. The largest absolute Gasteiger partial charge is 0.390 e. The zero-order valence-electron chi connectivity index (χ0n) is 21.8. The maximum atomic E-state index is 13.9. The Morgan fingerprint density at radius 3 is 2.58 bits per heavy atom. The van der Waals surface area contributed by atoms with Gasteiger partial charge >= 0.3 is 0 Å². The molecule has 6 saturated carbocycles. The third-order valence-corrected chi connectivity index (χ3v) is 13.0. The molecule has 36 heavy (non-hydrogen) atoms. The van der Waals surface area contributed by atoms with Gasteiger partial charge in [-0.1, -0.05) is 13.8 Å². The first-order valence-corrected chi connectivity index (χ1v) is 14.9. The Morgan fingerprint density at radius 2 is 1.81 bits per heavy atom. The summed E-state index contributed by atoms with van der Waals surface area (Å²) in [6.07, 6.45) is 12.9. The van der Waals surface area contributed by atoms with E-state index in [9.17, 15) is 14.7 Å². The highest BCUT2D eigenvalue weighted by Crippen LogP contribution is 2.77. The summed E-state index contributed by atoms with van der Waals surface area (Å²) in [7, 11) is 0. The molecule has 6 nitrogen and oxygen atoms in total. The van der Waals surface area contributed by atoms with Gasteiger partial charge in [-0.15, -0.1) is 0 Å². The van der Waals surface area contributed by atoms with Crippen LogP contribution in [-0.4, -0.2) is 50.2 Å². The van der Waals surface area contributed by atoms with E-state index < -0.39 is 0 Å². The predicted molar refractivity (Wildman–Crippen MR) is 134 cm³/mol. The molecule has 1 aromatic heterocycles. The average Bonchev–Trinajstić information content (AvgIpc) is 3.53. The molecule has 0 aromatic carbocycles. The molecule has 1 unspecified atom stereocenters. The van der Waals surface area contributed by atoms with Crippen LogP contribution in [0.4, 0.5) is 0 Å². The summed E-state index contributed by atoms with van der Waals surface area (Å²) in [5, 5.41) is 15.2. The second-order valence-electron chi connectivity index (χ2n) is 14.3. The molecule has 2 heterocycles. The Hall–Kier alpha value is -1.69. The summed E-state index contributed by atoms with van der Waals surface area (Å²) in [5.41, 5.74) is 0.429. The van der Waals surface area contributed by atoms with Gasteiger partial charge in [0.05, 0.1) is 23.9 Å². The van der Waals surface area contributed by atoms with E-state index in [1.165, 1.54) is 32.1 Å². The number of nitrogens with zero attached hydrogens (tertiary/aromatic N) is 3. The summed E-state index contributed by atoms with van der Waals surface area (Å²) < 4.78 is 1.73. The molecule has 1 aromatic rings. The summed E-state index contributed by atoms with van der Waals surface area (Å²) in [4.78, 5) is 28.3. The molecule has 6 heteroatoms. The van der Waals surface area contributed by atoms with Crippen LogP contribution in [-0.2, 0) is 11.3 Å². The molecule has 1 amide bonds. The number of Topliss-reactive ketones (excluding diaryl/α,β-unsaturated/α-hetero) is 1. The smallest absolute Gasteiger partial charge is 0.257 e. The van der Waals surface area contributed by atoms with Gasteiger partial charge in [-0.2, -0.15) is 5.10 Å². The van der Waals surface area contributed by atoms with Gasteiger partial charge in [-0.3, -0.25) is 14.3 Å². The molecule has 0 radical (unpaired) electrons. The molecule has 6 aliphatic carbocycles. The van der Waals surface area contributed by atoms with Crippen molar-refractivity contribution < 1.29 is 14.7 Å². The highest BCUT2D eigenvalue weighted by atomic mass is 16.3. The second-order valence-corrected chi connectivity index (χ2v) is 14.3. The molecule has 0 spiro atoms. The van der Waals surface area contributed by atoms with E-state index in [0.29, 0.717) is 41.6 Å². The fraction of sp³-hybridized carbons (Fsp3) is 0.833. The number of hydrogen-bond acceptors (Lipinski definition) is 4. The molecule has 7 aliphatic rings. The first-order valence-electron chi connectivity index (χ1n) is 14.9. The van der Waals surface area contributed by atoms with Crippen molar-refractivity contribution in [2.75, 3.05) is 13.1 Å². The number of hydrogen-bond donors (Lipinski definition) is 1. The molecular formula is C30H41N3O3. The molecule has 7 fully saturated rings. The minimum Gasteiger partial charge on any atom is -0.390 e. The first-order chi connectivity index (χ1) is 17.3. The van der Waals surface area contributed by atoms with E-state index in [-0.39, 0.29) is 22.8 Å². The fourth-order valence-electron chi connectivity index (χ4n) is 11.2. The van der Waals surface area contributed by atoms with Crippen LogP contribution in [0.3, 0.4) is 0 Å². The van der Waals surface area contributed by atoms with Crippen molar-refractivity contribution in [3.05, 3.63) is 18.0 Å². The minimum atomic E-state index is -0.301. The van der Waals surface area contributed by atoms with Crippen molar-refractivity contribution in [2.24, 2.45) is 64.6 Å². The summed E-state index contributed by atoms with van der Waals surface area (Å²) in [6.45, 7) is 6.82. The van der Waals surface area contributed by atoms with Crippen molar-refractivity contribution in [2.45, 2.75) is 77.4 Å². The van der Waals surface area contributed by atoms with Crippen LogP contribution >= 0.6 is 0 Å². The van der Waals surface area contributed by atoms with Gasteiger partial charge in [0.25, 0.3) is 5.91 Å². The normalized spacial score (nSPS) is 51.7. The number of rotatable bonds is 4. The summed E-state index contributed by atoms with van der Waals surface area (Å²) in [6, 6.07) is 0. The van der Waals surface area contributed by atoms with Gasteiger partial charge in [-0.25, -0.2) is 0 Å². The monoisotopic (exact) mass is 491 g/mol. The molecule has 8 rings (SSSR count). The lowest BCUT2D eigenvalue weighted by Gasteiger charge is -2.57. The van der Waals surface area contributed by atoms with E-state index in [1.54, 1.807) is 17.1 Å². The Kier molecular flexibility index (Phi) is 4.49. The van der Waals surface area contributed by atoms with Gasteiger partial charge in [0.2, 0.25) is 0 Å². The SMILES string of the molecule is C[C@H]1[C@@H]2[C@H]1[C@H](C(=O)Cn1cc(C(=O)N3CCC3)cn1)[C@@]1(C)CC[C@H]3[C@@H](CC[C@@H]4C5C[C@@]5(O)CC[C@H]34)[C@H]21. The standard InChI is InChI=1S/C30H41N3O3/c1-16-24-25(16)27(23(34)15-33-14-17(13-31-33)28(35)32-10-3-11-32)29(2)8-6-19-18-7-9-30(36)12-22(30)20(18)4-5-21(19)26(24)29/h13-14,16,18-22,24-27,36H,3-12,15H2,1-2H3/t16-,18+,19+,20-,21+,22?,24+,25-,26+,27-,29-,30-/m0/s1. The van der Waals surface area contributed by atoms with E-state index in [4.69, 9.17) is 0 Å². The minimum absolute atomic E-state index is 0.0463. The lowest BCUT2D eigenvalue weighted by Crippen LogP contribution is -2.52. The van der Waals surface area contributed by atoms with Crippen molar-refractivity contribution in [3.63, 3.8) is 0 Å². The van der Waals surface area contributed by atoms with Gasteiger partial charge < -0.3 is 10.0 Å². The summed E-state index contributed by atoms with van der Waals surface area (Å²) >= 11 is 0. The number of likely N-dealkylation sites (tertiary alicyclic amines) is 1. The molecule has 1 aliphatic heterocycles. The number of carbonyl (C=O) groups excluding carboxylic acids is 2. The predicted octanol–water partition coefficient (Wildman–Crippen LogP) is 4.03. The van der Waals surface area contributed by atoms with E-state index >= 15 is 0 Å². The Labute approximate surface area is 214 Å². The number of ketones is 1. The number of carbonyl (C=O) groups is 2. The van der Waals surface area contributed by atoms with Crippen molar-refractivity contribution >= 4 is 11.7 Å². The van der Waals surface area contributed by atoms with Crippen LogP contribution in [0.2, 0.25) is 0 Å². The topological polar surface area (TPSA) is 75.4 Å². The molecule has 1 saturated heterocycles. The Bertz CT molecular complexity index is 1130. The Balaban J connectivity index is 1.02. The third kappa shape index (κ3) is 2.86. The van der Waals surface area contributed by atoms with Gasteiger partial charge in [0.15, 0.2) is 5.78 Å². The molecular weight excluding hydrogens is 450 g/mol. The summed E-state index contributed by atoms with van der Waals surface area (Å²) in [5.74, 6) is 6.89. The lowest BCUT2D eigenvalue weighted by molar-refractivity contribution is -0.136. The maximum Gasteiger partial charge on any atom is 0.257 e. The molecule has 194 valence electrons. The molecule has 12 atom stereocenters. The third-order valence-electron chi connectivity index (χ3n) is 13.0. The van der Waals surface area contributed by atoms with Crippen LogP contribution in [0.5, 0.6) is 0 Å². The lowest BCUT2D eigenvalue weighted by atomic mass is 9.48. The quantitative estimate of drug-likeness (QED) is 0.690. The first kappa shape index (κ1) is 22.3. The van der Waals surface area contributed by atoms with Crippen LogP contribution in [0.15, 0.2) is 12.4 Å². The van der Waals surface area contributed by atoms with E-state index in [0.717, 1.165) is 61.9 Å². The van der Waals surface area contributed by atoms with Crippen LogP contribution < -0.4 is 0 Å². The van der Waals surface area contributed by atoms with Crippen LogP contribution in [0.25, 0.3) is 0 Å².